The average molecular weight is 354 g/mol. The fourth-order valence-electron chi connectivity index (χ4n) is 2.73. The van der Waals surface area contributed by atoms with Gasteiger partial charge >= 0.3 is 0 Å². The number of likely N-dealkylation sites (tertiary alicyclic amines) is 1. The summed E-state index contributed by atoms with van der Waals surface area (Å²) in [4.78, 5) is 14.5. The third-order valence-corrected chi connectivity index (χ3v) is 4.38. The first-order valence-corrected chi connectivity index (χ1v) is 8.48. The van der Waals surface area contributed by atoms with E-state index >= 15 is 0 Å². The maximum absolute atomic E-state index is 12.2. The predicted octanol–water partition coefficient (Wildman–Crippen LogP) is 2.85. The van der Waals surface area contributed by atoms with Crippen molar-refractivity contribution < 1.29 is 4.79 Å². The van der Waals surface area contributed by atoms with Crippen molar-refractivity contribution in [3.05, 3.63) is 28.7 Å². The number of piperidine rings is 1. The molecular weight excluding hydrogens is 330 g/mol. The number of benzene rings is 1. The summed E-state index contributed by atoms with van der Waals surface area (Å²) >= 11 is 3.40. The molecule has 1 fully saturated rings. The average Bonchev–Trinajstić information content (AvgIpc) is 2.49. The van der Waals surface area contributed by atoms with Crippen LogP contribution in [0.1, 0.15) is 26.2 Å². The summed E-state index contributed by atoms with van der Waals surface area (Å²) in [7, 11) is 0. The number of rotatable bonds is 6. The highest BCUT2D eigenvalue weighted by atomic mass is 79.9. The van der Waals surface area contributed by atoms with Crippen LogP contribution in [0.15, 0.2) is 28.7 Å². The van der Waals surface area contributed by atoms with Gasteiger partial charge in [0.05, 0.1) is 6.54 Å². The topological polar surface area (TPSA) is 44.4 Å². The standard InChI is InChI=1S/C16H24BrN3O/c1-2-18-11-15-5-3-4-10-20(15)12-16(21)19-14-8-6-13(17)7-9-14/h6-9,15,18H,2-5,10-12H2,1H3,(H,19,21). The Bertz CT molecular complexity index is 449. The van der Waals surface area contributed by atoms with Gasteiger partial charge in [0.2, 0.25) is 5.91 Å². The van der Waals surface area contributed by atoms with Crippen LogP contribution in [0.3, 0.4) is 0 Å². The molecule has 116 valence electrons. The molecule has 2 N–H and O–H groups in total. The molecular formula is C16H24BrN3O. The molecule has 4 nitrogen and oxygen atoms in total. The van der Waals surface area contributed by atoms with Crippen molar-refractivity contribution in [3.8, 4) is 0 Å². The quantitative estimate of drug-likeness (QED) is 0.826. The second-order valence-electron chi connectivity index (χ2n) is 5.48. The lowest BCUT2D eigenvalue weighted by Crippen LogP contribution is -2.48. The molecule has 1 amide bonds. The van der Waals surface area contributed by atoms with E-state index in [1.807, 2.05) is 24.3 Å². The molecule has 0 aliphatic carbocycles. The molecule has 5 heteroatoms. The second kappa shape index (κ2) is 8.51. The first-order valence-electron chi connectivity index (χ1n) is 7.69. The molecule has 1 heterocycles. The lowest BCUT2D eigenvalue weighted by molar-refractivity contribution is -0.118. The molecule has 1 aromatic carbocycles. The maximum atomic E-state index is 12.2. The van der Waals surface area contributed by atoms with E-state index in [0.717, 1.165) is 29.8 Å². The van der Waals surface area contributed by atoms with Crippen molar-refractivity contribution in [1.82, 2.24) is 10.2 Å². The summed E-state index contributed by atoms with van der Waals surface area (Å²) in [5.74, 6) is 0.0701. The Balaban J connectivity index is 1.86. The summed E-state index contributed by atoms with van der Waals surface area (Å²) in [5.41, 5.74) is 0.850. The van der Waals surface area contributed by atoms with Gasteiger partial charge in [-0.1, -0.05) is 29.3 Å². The lowest BCUT2D eigenvalue weighted by Gasteiger charge is -2.35. The van der Waals surface area contributed by atoms with Crippen LogP contribution in [-0.2, 0) is 4.79 Å². The van der Waals surface area contributed by atoms with Crippen LogP contribution in [0, 0.1) is 0 Å². The monoisotopic (exact) mass is 353 g/mol. The van der Waals surface area contributed by atoms with Crippen LogP contribution in [0.2, 0.25) is 0 Å². The summed E-state index contributed by atoms with van der Waals surface area (Å²) in [5, 5.41) is 6.37. The maximum Gasteiger partial charge on any atom is 0.238 e. The molecule has 1 atom stereocenters. The summed E-state index contributed by atoms with van der Waals surface area (Å²) in [6, 6.07) is 8.17. The van der Waals surface area contributed by atoms with Gasteiger partial charge in [0.1, 0.15) is 0 Å². The molecule has 0 saturated carbocycles. The van der Waals surface area contributed by atoms with Crippen LogP contribution >= 0.6 is 15.9 Å². The van der Waals surface area contributed by atoms with Gasteiger partial charge in [-0.05, 0) is 50.2 Å². The number of halogens is 1. The number of nitrogens with zero attached hydrogens (tertiary/aromatic N) is 1. The van der Waals surface area contributed by atoms with Crippen molar-refractivity contribution in [2.75, 3.05) is 31.5 Å². The Morgan fingerprint density at radius 1 is 1.33 bits per heavy atom. The number of anilines is 1. The Morgan fingerprint density at radius 2 is 2.10 bits per heavy atom. The molecule has 0 aromatic heterocycles. The van der Waals surface area contributed by atoms with E-state index in [1.54, 1.807) is 0 Å². The van der Waals surface area contributed by atoms with Gasteiger partial charge in [-0.15, -0.1) is 0 Å². The van der Waals surface area contributed by atoms with Crippen LogP contribution < -0.4 is 10.6 Å². The van der Waals surface area contributed by atoms with Gasteiger partial charge < -0.3 is 10.6 Å². The highest BCUT2D eigenvalue weighted by Gasteiger charge is 2.23. The number of amides is 1. The fourth-order valence-corrected chi connectivity index (χ4v) is 2.99. The molecule has 0 radical (unpaired) electrons. The number of carbonyl (C=O) groups excluding carboxylic acids is 1. The van der Waals surface area contributed by atoms with Crippen LogP contribution in [0.25, 0.3) is 0 Å². The molecule has 1 saturated heterocycles. The smallest absolute Gasteiger partial charge is 0.238 e. The van der Waals surface area contributed by atoms with Crippen molar-refractivity contribution in [2.45, 2.75) is 32.2 Å². The van der Waals surface area contributed by atoms with Crippen molar-refractivity contribution in [1.29, 1.82) is 0 Å². The Labute approximate surface area is 135 Å². The first-order chi connectivity index (χ1) is 10.2. The van der Waals surface area contributed by atoms with Crippen molar-refractivity contribution in [2.24, 2.45) is 0 Å². The van der Waals surface area contributed by atoms with Gasteiger partial charge in [-0.2, -0.15) is 0 Å². The van der Waals surface area contributed by atoms with E-state index in [1.165, 1.54) is 19.3 Å². The van der Waals surface area contributed by atoms with E-state index in [-0.39, 0.29) is 5.91 Å². The van der Waals surface area contributed by atoms with Gasteiger partial charge in [0, 0.05) is 22.7 Å². The summed E-state index contributed by atoms with van der Waals surface area (Å²) < 4.78 is 1.02. The van der Waals surface area contributed by atoms with E-state index < -0.39 is 0 Å². The van der Waals surface area contributed by atoms with Crippen LogP contribution in [0.4, 0.5) is 5.69 Å². The van der Waals surface area contributed by atoms with E-state index in [2.05, 4.69) is 38.4 Å². The predicted molar refractivity (Wildman–Crippen MR) is 90.5 cm³/mol. The number of hydrogen-bond acceptors (Lipinski definition) is 3. The zero-order chi connectivity index (χ0) is 15.1. The zero-order valence-corrected chi connectivity index (χ0v) is 14.2. The molecule has 21 heavy (non-hydrogen) atoms. The summed E-state index contributed by atoms with van der Waals surface area (Å²) in [6.07, 6.45) is 3.63. The Kier molecular flexibility index (Phi) is 6.67. The number of hydrogen-bond donors (Lipinski definition) is 2. The number of nitrogens with one attached hydrogen (secondary N) is 2. The zero-order valence-electron chi connectivity index (χ0n) is 12.6. The van der Waals surface area contributed by atoms with E-state index in [9.17, 15) is 4.79 Å². The normalized spacial score (nSPS) is 19.4. The number of carbonyl (C=O) groups is 1. The molecule has 1 aliphatic rings. The molecule has 0 spiro atoms. The Morgan fingerprint density at radius 3 is 2.81 bits per heavy atom. The number of likely N-dealkylation sites (N-methyl/N-ethyl adjacent to an activating group) is 1. The minimum atomic E-state index is 0.0701. The minimum Gasteiger partial charge on any atom is -0.325 e. The third kappa shape index (κ3) is 5.41. The molecule has 0 bridgehead atoms. The van der Waals surface area contributed by atoms with Gasteiger partial charge in [-0.3, -0.25) is 9.69 Å². The summed E-state index contributed by atoms with van der Waals surface area (Å²) in [6.45, 7) is 5.57. The first kappa shape index (κ1) is 16.5. The third-order valence-electron chi connectivity index (χ3n) is 3.85. The van der Waals surface area contributed by atoms with E-state index in [4.69, 9.17) is 0 Å². The van der Waals surface area contributed by atoms with Gasteiger partial charge in [-0.25, -0.2) is 0 Å². The fraction of sp³-hybridized carbons (Fsp3) is 0.562. The van der Waals surface area contributed by atoms with Crippen molar-refractivity contribution >= 4 is 27.5 Å². The Hall–Kier alpha value is -0.910. The SMILES string of the molecule is CCNCC1CCCCN1CC(=O)Nc1ccc(Br)cc1. The molecule has 2 rings (SSSR count). The highest BCUT2D eigenvalue weighted by Crippen LogP contribution is 2.17. The van der Waals surface area contributed by atoms with E-state index in [0.29, 0.717) is 12.6 Å². The van der Waals surface area contributed by atoms with Gasteiger partial charge in [0.25, 0.3) is 0 Å². The van der Waals surface area contributed by atoms with Crippen molar-refractivity contribution in [3.63, 3.8) is 0 Å². The second-order valence-corrected chi connectivity index (χ2v) is 6.40. The molecule has 1 aliphatic heterocycles. The highest BCUT2D eigenvalue weighted by molar-refractivity contribution is 9.10. The van der Waals surface area contributed by atoms with Crippen LogP contribution in [-0.4, -0.2) is 43.0 Å². The lowest BCUT2D eigenvalue weighted by atomic mass is 10.0. The minimum absolute atomic E-state index is 0.0701. The molecule has 1 aromatic rings. The van der Waals surface area contributed by atoms with Gasteiger partial charge in [0.15, 0.2) is 0 Å². The van der Waals surface area contributed by atoms with Crippen LogP contribution in [0.5, 0.6) is 0 Å². The molecule has 1 unspecified atom stereocenters. The largest absolute Gasteiger partial charge is 0.325 e.